The molecule has 0 amide bonds. The van der Waals surface area contributed by atoms with E-state index in [0.29, 0.717) is 6.61 Å². The Balaban J connectivity index is 2.20. The molecule has 1 rings (SSSR count). The van der Waals surface area contributed by atoms with Gasteiger partial charge in [0.15, 0.2) is 0 Å². The van der Waals surface area contributed by atoms with Crippen molar-refractivity contribution in [3.05, 3.63) is 35.4 Å². The average Bonchev–Trinajstić information content (AvgIpc) is 2.67. The molecular weight excluding hydrogens is 352 g/mol. The number of hydrogen-bond acceptors (Lipinski definition) is 5. The molecule has 5 heteroatoms. The van der Waals surface area contributed by atoms with Crippen LogP contribution in [0.2, 0.25) is 0 Å². The number of nitrogens with zero attached hydrogens (tertiary/aromatic N) is 1. The molecule has 0 fully saturated rings. The summed E-state index contributed by atoms with van der Waals surface area (Å²) >= 11 is 0. The summed E-state index contributed by atoms with van der Waals surface area (Å²) in [4.78, 5) is 4.82. The van der Waals surface area contributed by atoms with Crippen LogP contribution in [-0.4, -0.2) is 39.1 Å². The molecule has 0 bridgehead atoms. The third-order valence-electron chi connectivity index (χ3n) is 4.47. The van der Waals surface area contributed by atoms with Crippen LogP contribution in [0.4, 0.5) is 0 Å². The predicted octanol–water partition coefficient (Wildman–Crippen LogP) is 5.20. The monoisotopic (exact) mass is 390 g/mol. The van der Waals surface area contributed by atoms with Crippen LogP contribution < -0.4 is 14.8 Å². The van der Waals surface area contributed by atoms with Gasteiger partial charge in [0, 0.05) is 6.54 Å². The van der Waals surface area contributed by atoms with Crippen molar-refractivity contribution in [1.82, 2.24) is 5.32 Å². The Bertz CT molecular complexity index is 589. The molecule has 0 radical (unpaired) electrons. The van der Waals surface area contributed by atoms with Gasteiger partial charge in [-0.05, 0) is 69.8 Å². The number of ether oxygens (including phenoxy) is 2. The van der Waals surface area contributed by atoms with E-state index in [1.807, 2.05) is 19.1 Å². The summed E-state index contributed by atoms with van der Waals surface area (Å²) in [5.41, 5.74) is 3.31. The summed E-state index contributed by atoms with van der Waals surface area (Å²) in [5.74, 6) is 1.89. The van der Waals surface area contributed by atoms with Gasteiger partial charge in [-0.25, -0.2) is 0 Å². The van der Waals surface area contributed by atoms with Crippen molar-refractivity contribution in [2.75, 3.05) is 33.4 Å². The largest absolute Gasteiger partial charge is 0.493 e. The zero-order valence-electron chi connectivity index (χ0n) is 18.3. The van der Waals surface area contributed by atoms with E-state index in [2.05, 4.69) is 43.4 Å². The van der Waals surface area contributed by atoms with Crippen molar-refractivity contribution in [3.8, 4) is 11.5 Å². The van der Waals surface area contributed by atoms with Gasteiger partial charge in [0.25, 0.3) is 0 Å². The molecular formula is C23H38N2O3. The maximum absolute atomic E-state index is 6.03. The zero-order chi connectivity index (χ0) is 20.6. The maximum Gasteiger partial charge on any atom is 0.125 e. The molecule has 158 valence electrons. The number of allylic oxidation sites excluding steroid dienone is 1. The second-order valence-corrected chi connectivity index (χ2v) is 6.90. The van der Waals surface area contributed by atoms with E-state index in [-0.39, 0.29) is 0 Å². The standard InChI is InChI=1S/C23H38N2O3/c1-6-8-14-27-22-16-19(3)23(20(4)17-22)28-15-12-10-9-11-13-24-18-21(7-2)25-26-5/h6,8,16-17,24H,7,9-15,18H2,1-5H3/b8-6+,25-21?. The minimum absolute atomic E-state index is 0.601. The number of nitrogens with one attached hydrogen (secondary N) is 1. The SMILES string of the molecule is C/C=C/COc1cc(C)c(OCCCCCCNCC(CC)=NOC)c(C)c1. The van der Waals surface area contributed by atoms with E-state index in [1.54, 1.807) is 7.11 Å². The summed E-state index contributed by atoms with van der Waals surface area (Å²) in [6, 6.07) is 4.10. The van der Waals surface area contributed by atoms with Gasteiger partial charge >= 0.3 is 0 Å². The Morgan fingerprint density at radius 2 is 1.79 bits per heavy atom. The highest BCUT2D eigenvalue weighted by Crippen LogP contribution is 2.28. The number of benzene rings is 1. The fourth-order valence-corrected chi connectivity index (χ4v) is 2.93. The van der Waals surface area contributed by atoms with Crippen molar-refractivity contribution in [2.45, 2.75) is 59.8 Å². The van der Waals surface area contributed by atoms with E-state index in [4.69, 9.17) is 14.3 Å². The van der Waals surface area contributed by atoms with E-state index in [9.17, 15) is 0 Å². The minimum Gasteiger partial charge on any atom is -0.493 e. The van der Waals surface area contributed by atoms with Crippen LogP contribution in [0.5, 0.6) is 11.5 Å². The van der Waals surface area contributed by atoms with Crippen molar-refractivity contribution < 1.29 is 14.3 Å². The summed E-state index contributed by atoms with van der Waals surface area (Å²) in [7, 11) is 1.59. The van der Waals surface area contributed by atoms with Crippen LogP contribution in [0.15, 0.2) is 29.4 Å². The summed E-state index contributed by atoms with van der Waals surface area (Å²) in [6.45, 7) is 11.4. The summed E-state index contributed by atoms with van der Waals surface area (Å²) < 4.78 is 11.8. The highest BCUT2D eigenvalue weighted by atomic mass is 16.6. The molecule has 0 saturated heterocycles. The molecule has 0 spiro atoms. The number of aryl methyl sites for hydroxylation is 2. The van der Waals surface area contributed by atoms with Gasteiger partial charge in [-0.3, -0.25) is 0 Å². The van der Waals surface area contributed by atoms with Gasteiger partial charge in [-0.2, -0.15) is 0 Å². The topological polar surface area (TPSA) is 52.1 Å². The van der Waals surface area contributed by atoms with Gasteiger partial charge < -0.3 is 19.6 Å². The van der Waals surface area contributed by atoms with Crippen molar-refractivity contribution in [3.63, 3.8) is 0 Å². The lowest BCUT2D eigenvalue weighted by atomic mass is 10.1. The second kappa shape index (κ2) is 15.0. The van der Waals surface area contributed by atoms with Crippen LogP contribution in [-0.2, 0) is 4.84 Å². The lowest BCUT2D eigenvalue weighted by Gasteiger charge is -2.14. The number of rotatable bonds is 15. The first-order valence-corrected chi connectivity index (χ1v) is 10.4. The van der Waals surface area contributed by atoms with E-state index in [1.165, 1.54) is 19.3 Å². The highest BCUT2D eigenvalue weighted by molar-refractivity contribution is 5.85. The Morgan fingerprint density at radius 1 is 1.07 bits per heavy atom. The first-order valence-electron chi connectivity index (χ1n) is 10.4. The zero-order valence-corrected chi connectivity index (χ0v) is 18.3. The van der Waals surface area contributed by atoms with Crippen LogP contribution in [0.3, 0.4) is 0 Å². The fraction of sp³-hybridized carbons (Fsp3) is 0.609. The normalized spacial score (nSPS) is 11.8. The molecule has 1 N–H and O–H groups in total. The van der Waals surface area contributed by atoms with Crippen LogP contribution in [0.1, 0.15) is 57.1 Å². The van der Waals surface area contributed by atoms with Crippen LogP contribution in [0, 0.1) is 13.8 Å². The second-order valence-electron chi connectivity index (χ2n) is 6.90. The van der Waals surface area contributed by atoms with Crippen LogP contribution in [0.25, 0.3) is 0 Å². The molecule has 0 heterocycles. The highest BCUT2D eigenvalue weighted by Gasteiger charge is 2.07. The van der Waals surface area contributed by atoms with Gasteiger partial charge in [-0.1, -0.05) is 37.1 Å². The third kappa shape index (κ3) is 9.79. The smallest absolute Gasteiger partial charge is 0.125 e. The molecule has 0 aliphatic heterocycles. The summed E-state index contributed by atoms with van der Waals surface area (Å²) in [6.07, 6.45) is 9.53. The van der Waals surface area contributed by atoms with Crippen molar-refractivity contribution in [1.29, 1.82) is 0 Å². The van der Waals surface area contributed by atoms with E-state index in [0.717, 1.165) is 60.9 Å². The Hall–Kier alpha value is -2.01. The Labute approximate surface area is 171 Å². The minimum atomic E-state index is 0.601. The molecule has 0 aliphatic carbocycles. The number of hydrogen-bond donors (Lipinski definition) is 1. The van der Waals surface area contributed by atoms with Gasteiger partial charge in [0.1, 0.15) is 25.2 Å². The lowest BCUT2D eigenvalue weighted by Crippen LogP contribution is -2.23. The number of unbranched alkanes of at least 4 members (excludes halogenated alkanes) is 3. The quantitative estimate of drug-likeness (QED) is 0.194. The molecule has 1 aromatic carbocycles. The molecule has 5 nitrogen and oxygen atoms in total. The maximum atomic E-state index is 6.03. The van der Waals surface area contributed by atoms with E-state index >= 15 is 0 Å². The lowest BCUT2D eigenvalue weighted by molar-refractivity contribution is 0.212. The fourth-order valence-electron chi connectivity index (χ4n) is 2.93. The average molecular weight is 391 g/mol. The molecule has 0 aromatic heterocycles. The van der Waals surface area contributed by atoms with Gasteiger partial charge in [0.2, 0.25) is 0 Å². The molecule has 0 unspecified atom stereocenters. The van der Waals surface area contributed by atoms with Crippen molar-refractivity contribution in [2.24, 2.45) is 5.16 Å². The summed E-state index contributed by atoms with van der Waals surface area (Å²) in [5, 5.41) is 7.41. The van der Waals surface area contributed by atoms with Gasteiger partial charge in [-0.15, -0.1) is 0 Å². The van der Waals surface area contributed by atoms with Gasteiger partial charge in [0.05, 0.1) is 12.3 Å². The Kier molecular flexibility index (Phi) is 12.9. The first kappa shape index (κ1) is 24.0. The predicted molar refractivity (Wildman–Crippen MR) is 118 cm³/mol. The van der Waals surface area contributed by atoms with E-state index < -0.39 is 0 Å². The molecule has 0 atom stereocenters. The van der Waals surface area contributed by atoms with Crippen molar-refractivity contribution >= 4 is 5.71 Å². The molecule has 0 aliphatic rings. The molecule has 0 saturated carbocycles. The molecule has 28 heavy (non-hydrogen) atoms. The third-order valence-corrected chi connectivity index (χ3v) is 4.47. The number of oxime groups is 1. The first-order chi connectivity index (χ1) is 13.6. The van der Waals surface area contributed by atoms with Crippen LogP contribution >= 0.6 is 0 Å². The Morgan fingerprint density at radius 3 is 2.43 bits per heavy atom. The molecule has 1 aromatic rings.